The lowest BCUT2D eigenvalue weighted by molar-refractivity contribution is -0.605. The Kier molecular flexibility index (Phi) is 3.52. The van der Waals surface area contributed by atoms with E-state index in [-0.39, 0.29) is 24.0 Å². The van der Waals surface area contributed by atoms with Crippen LogP contribution in [0, 0.1) is 10.6 Å². The zero-order valence-corrected chi connectivity index (χ0v) is 10.4. The SMILES string of the molecule is CC1(CO)CCCC1NC(=O)c1ccc[n+]([O-])c1. The topological polar surface area (TPSA) is 76.3 Å². The van der Waals surface area contributed by atoms with Crippen LogP contribution in [0.3, 0.4) is 0 Å². The van der Waals surface area contributed by atoms with Crippen LogP contribution in [0.25, 0.3) is 0 Å². The second kappa shape index (κ2) is 4.94. The zero-order valence-electron chi connectivity index (χ0n) is 10.4. The molecule has 5 nitrogen and oxygen atoms in total. The van der Waals surface area contributed by atoms with E-state index in [1.165, 1.54) is 12.4 Å². The molecule has 0 aliphatic heterocycles. The number of hydrogen-bond donors (Lipinski definition) is 2. The molecule has 0 saturated heterocycles. The first-order valence-corrected chi connectivity index (χ1v) is 6.16. The highest BCUT2D eigenvalue weighted by molar-refractivity contribution is 5.93. The van der Waals surface area contributed by atoms with E-state index in [0.717, 1.165) is 19.3 Å². The Morgan fingerprint density at radius 2 is 2.50 bits per heavy atom. The number of pyridine rings is 1. The molecular formula is C13H18N2O3. The molecule has 1 saturated carbocycles. The van der Waals surface area contributed by atoms with E-state index in [1.54, 1.807) is 12.1 Å². The molecule has 0 radical (unpaired) electrons. The van der Waals surface area contributed by atoms with Gasteiger partial charge in [-0.15, -0.1) is 0 Å². The maximum absolute atomic E-state index is 12.0. The summed E-state index contributed by atoms with van der Waals surface area (Å²) in [5, 5.41) is 23.4. The molecule has 2 N–H and O–H groups in total. The zero-order chi connectivity index (χ0) is 13.2. The lowest BCUT2D eigenvalue weighted by Gasteiger charge is -2.29. The van der Waals surface area contributed by atoms with E-state index in [2.05, 4.69) is 5.32 Å². The van der Waals surface area contributed by atoms with Crippen molar-refractivity contribution in [3.05, 3.63) is 35.3 Å². The number of aliphatic hydroxyl groups is 1. The Hall–Kier alpha value is -1.62. The highest BCUT2D eigenvalue weighted by Gasteiger charge is 2.39. The van der Waals surface area contributed by atoms with E-state index in [9.17, 15) is 15.1 Å². The quantitative estimate of drug-likeness (QED) is 0.609. The van der Waals surface area contributed by atoms with Gasteiger partial charge in [-0.05, 0) is 18.9 Å². The molecule has 98 valence electrons. The highest BCUT2D eigenvalue weighted by atomic mass is 16.5. The minimum Gasteiger partial charge on any atom is -0.619 e. The Labute approximate surface area is 106 Å². The van der Waals surface area contributed by atoms with Gasteiger partial charge in [-0.1, -0.05) is 13.3 Å². The van der Waals surface area contributed by atoms with Gasteiger partial charge in [0, 0.05) is 17.5 Å². The fourth-order valence-corrected chi connectivity index (χ4v) is 2.50. The Balaban J connectivity index is 2.08. The Morgan fingerprint density at radius 3 is 3.17 bits per heavy atom. The Morgan fingerprint density at radius 1 is 1.72 bits per heavy atom. The van der Waals surface area contributed by atoms with Crippen molar-refractivity contribution < 1.29 is 14.6 Å². The van der Waals surface area contributed by atoms with Gasteiger partial charge in [0.1, 0.15) is 5.56 Å². The van der Waals surface area contributed by atoms with Crippen LogP contribution in [0.5, 0.6) is 0 Å². The second-order valence-electron chi connectivity index (χ2n) is 5.18. The molecule has 1 aliphatic carbocycles. The number of aromatic nitrogens is 1. The monoisotopic (exact) mass is 250 g/mol. The van der Waals surface area contributed by atoms with Crippen LogP contribution in [0.2, 0.25) is 0 Å². The van der Waals surface area contributed by atoms with Crippen LogP contribution in [0.1, 0.15) is 36.5 Å². The molecule has 1 aromatic rings. The smallest absolute Gasteiger partial charge is 0.257 e. The third kappa shape index (κ3) is 2.46. The lowest BCUT2D eigenvalue weighted by Crippen LogP contribution is -2.45. The van der Waals surface area contributed by atoms with Crippen molar-refractivity contribution in [3.63, 3.8) is 0 Å². The first-order valence-electron chi connectivity index (χ1n) is 6.16. The first-order chi connectivity index (χ1) is 8.55. The number of rotatable bonds is 3. The highest BCUT2D eigenvalue weighted by Crippen LogP contribution is 2.37. The molecular weight excluding hydrogens is 232 g/mol. The third-order valence-corrected chi connectivity index (χ3v) is 3.79. The van der Waals surface area contributed by atoms with Crippen molar-refractivity contribution in [2.75, 3.05) is 6.61 Å². The van der Waals surface area contributed by atoms with Crippen LogP contribution in [0.15, 0.2) is 24.5 Å². The van der Waals surface area contributed by atoms with E-state index >= 15 is 0 Å². The summed E-state index contributed by atoms with van der Waals surface area (Å²) in [4.78, 5) is 12.0. The maximum atomic E-state index is 12.0. The molecule has 1 aliphatic rings. The lowest BCUT2D eigenvalue weighted by atomic mass is 9.85. The van der Waals surface area contributed by atoms with Gasteiger partial charge in [-0.2, -0.15) is 4.73 Å². The van der Waals surface area contributed by atoms with Gasteiger partial charge in [-0.3, -0.25) is 4.79 Å². The van der Waals surface area contributed by atoms with Crippen LogP contribution in [0.4, 0.5) is 0 Å². The average molecular weight is 250 g/mol. The molecule has 2 atom stereocenters. The number of carbonyl (C=O) groups excluding carboxylic acids is 1. The van der Waals surface area contributed by atoms with E-state index in [4.69, 9.17) is 0 Å². The van der Waals surface area contributed by atoms with Crippen molar-refractivity contribution in [1.29, 1.82) is 0 Å². The third-order valence-electron chi connectivity index (χ3n) is 3.79. The fraction of sp³-hybridized carbons (Fsp3) is 0.538. The van der Waals surface area contributed by atoms with Crippen molar-refractivity contribution in [1.82, 2.24) is 5.32 Å². The average Bonchev–Trinajstić information content (AvgIpc) is 2.72. The molecule has 18 heavy (non-hydrogen) atoms. The normalized spacial score (nSPS) is 27.1. The largest absolute Gasteiger partial charge is 0.619 e. The summed E-state index contributed by atoms with van der Waals surface area (Å²) in [5.41, 5.74) is 0.0948. The number of amides is 1. The van der Waals surface area contributed by atoms with E-state index in [1.807, 2.05) is 6.92 Å². The summed E-state index contributed by atoms with van der Waals surface area (Å²) in [6.07, 6.45) is 5.36. The van der Waals surface area contributed by atoms with Crippen molar-refractivity contribution in [2.45, 2.75) is 32.2 Å². The predicted molar refractivity (Wildman–Crippen MR) is 65.7 cm³/mol. The van der Waals surface area contributed by atoms with Gasteiger partial charge in [0.25, 0.3) is 5.91 Å². The van der Waals surface area contributed by atoms with E-state index in [0.29, 0.717) is 10.3 Å². The summed E-state index contributed by atoms with van der Waals surface area (Å²) in [5.74, 6) is -0.258. The Bertz CT molecular complexity index is 450. The summed E-state index contributed by atoms with van der Waals surface area (Å²) in [6, 6.07) is 3.12. The molecule has 0 spiro atoms. The molecule has 5 heteroatoms. The van der Waals surface area contributed by atoms with Crippen LogP contribution in [-0.4, -0.2) is 23.7 Å². The molecule has 0 aromatic carbocycles. The number of aliphatic hydroxyl groups excluding tert-OH is 1. The first kappa shape index (κ1) is 12.8. The minimum atomic E-state index is -0.258. The van der Waals surface area contributed by atoms with Crippen LogP contribution in [-0.2, 0) is 0 Å². The summed E-state index contributed by atoms with van der Waals surface area (Å²) < 4.78 is 0.606. The second-order valence-corrected chi connectivity index (χ2v) is 5.18. The molecule has 1 aromatic heterocycles. The number of nitrogens with zero attached hydrogens (tertiary/aromatic N) is 1. The number of hydrogen-bond acceptors (Lipinski definition) is 3. The van der Waals surface area contributed by atoms with Crippen LogP contribution < -0.4 is 10.0 Å². The molecule has 1 fully saturated rings. The fourth-order valence-electron chi connectivity index (χ4n) is 2.50. The summed E-state index contributed by atoms with van der Waals surface area (Å²) in [7, 11) is 0. The summed E-state index contributed by atoms with van der Waals surface area (Å²) in [6.45, 7) is 2.04. The number of nitrogens with one attached hydrogen (secondary N) is 1. The standard InChI is InChI=1S/C13H18N2O3/c1-13(9-16)6-2-5-11(13)14-12(17)10-4-3-7-15(18)8-10/h3-4,7-8,11,16H,2,5-6,9H2,1H3,(H,14,17). The predicted octanol–water partition coefficient (Wildman–Crippen LogP) is 0.601. The number of carbonyl (C=O) groups is 1. The van der Waals surface area contributed by atoms with Gasteiger partial charge < -0.3 is 15.6 Å². The molecule has 2 unspecified atom stereocenters. The maximum Gasteiger partial charge on any atom is 0.257 e. The molecule has 1 amide bonds. The van der Waals surface area contributed by atoms with Crippen molar-refractivity contribution in [3.8, 4) is 0 Å². The van der Waals surface area contributed by atoms with Gasteiger partial charge in [0.2, 0.25) is 0 Å². The van der Waals surface area contributed by atoms with Gasteiger partial charge in [0.05, 0.1) is 6.61 Å². The van der Waals surface area contributed by atoms with Crippen LogP contribution >= 0.6 is 0 Å². The van der Waals surface area contributed by atoms with Gasteiger partial charge >= 0.3 is 0 Å². The van der Waals surface area contributed by atoms with Crippen molar-refractivity contribution in [2.24, 2.45) is 5.41 Å². The van der Waals surface area contributed by atoms with E-state index < -0.39 is 0 Å². The molecule has 1 heterocycles. The molecule has 2 rings (SSSR count). The van der Waals surface area contributed by atoms with Gasteiger partial charge in [0.15, 0.2) is 12.4 Å². The molecule has 0 bridgehead atoms. The van der Waals surface area contributed by atoms with Gasteiger partial charge in [-0.25, -0.2) is 0 Å². The minimum absolute atomic E-state index is 0.0321. The van der Waals surface area contributed by atoms with Crippen molar-refractivity contribution >= 4 is 5.91 Å². The summed E-state index contributed by atoms with van der Waals surface area (Å²) >= 11 is 0.